The highest BCUT2D eigenvalue weighted by Gasteiger charge is 2.56. The maximum atomic E-state index is 16.5. The second-order valence-electron chi connectivity index (χ2n) is 9.58. The Hall–Kier alpha value is -2.44. The molecule has 0 aliphatic carbocycles. The lowest BCUT2D eigenvalue weighted by molar-refractivity contribution is -0.0675. The first-order valence-electron chi connectivity index (χ1n) is 12.2. The van der Waals surface area contributed by atoms with Crippen molar-refractivity contribution in [3.8, 4) is 0 Å². The van der Waals surface area contributed by atoms with Crippen LogP contribution < -0.4 is 10.6 Å². The number of hydrogen-bond donors (Lipinski definition) is 2. The lowest BCUT2D eigenvalue weighted by Crippen LogP contribution is -2.42. The molecule has 4 aromatic rings. The number of nitrogens with zero attached hydrogens (tertiary/aromatic N) is 5. The largest absolute Gasteiger partial charge is 0.394 e. The average Bonchev–Trinajstić information content (AvgIpc) is 3.42. The van der Waals surface area contributed by atoms with Crippen LogP contribution in [0.15, 0.2) is 42.7 Å². The molecule has 4 atom stereocenters. The van der Waals surface area contributed by atoms with Crippen molar-refractivity contribution in [3.05, 3.63) is 73.9 Å². The molecule has 1 aliphatic heterocycles. The van der Waals surface area contributed by atoms with Gasteiger partial charge < -0.3 is 25.2 Å². The van der Waals surface area contributed by atoms with Gasteiger partial charge in [-0.1, -0.05) is 58.5 Å². The predicted octanol–water partition coefficient (Wildman–Crippen LogP) is 5.86. The van der Waals surface area contributed by atoms with E-state index in [1.807, 2.05) is 0 Å². The smallest absolute Gasteiger partial charge is 0.224 e. The Morgan fingerprint density at radius 1 is 1.07 bits per heavy atom. The number of ether oxygens (including phenoxy) is 2. The Balaban J connectivity index is 1.47. The van der Waals surface area contributed by atoms with Crippen LogP contribution in [-0.4, -0.2) is 56.2 Å². The molecule has 5 rings (SSSR count). The van der Waals surface area contributed by atoms with E-state index in [0.717, 1.165) is 0 Å². The number of anilines is 2. The summed E-state index contributed by atoms with van der Waals surface area (Å²) in [6, 6.07) is 10.3. The maximum Gasteiger partial charge on any atom is 0.224 e. The van der Waals surface area contributed by atoms with Gasteiger partial charge in [0.15, 0.2) is 28.9 Å². The van der Waals surface area contributed by atoms with Gasteiger partial charge in [-0.25, -0.2) is 9.37 Å². The zero-order valence-corrected chi connectivity index (χ0v) is 24.4. The average molecular weight is 630 g/mol. The summed E-state index contributed by atoms with van der Waals surface area (Å²) >= 11 is 25.2. The number of benzene rings is 2. The van der Waals surface area contributed by atoms with E-state index in [1.54, 1.807) is 48.3 Å². The van der Waals surface area contributed by atoms with Crippen LogP contribution in [-0.2, 0) is 22.6 Å². The van der Waals surface area contributed by atoms with Gasteiger partial charge in [-0.3, -0.25) is 4.57 Å². The second kappa shape index (κ2) is 11.4. The van der Waals surface area contributed by atoms with Gasteiger partial charge in [-0.05, 0) is 31.2 Å². The topological polar surface area (TPSA) is 112 Å². The van der Waals surface area contributed by atoms with Gasteiger partial charge in [-0.2, -0.15) is 9.97 Å². The highest BCUT2D eigenvalue weighted by Crippen LogP contribution is 2.45. The van der Waals surface area contributed by atoms with Crippen molar-refractivity contribution in [1.82, 2.24) is 19.5 Å². The first kappa shape index (κ1) is 29.1. The van der Waals surface area contributed by atoms with E-state index in [4.69, 9.17) is 61.6 Å². The summed E-state index contributed by atoms with van der Waals surface area (Å²) in [7, 11) is 1.77. The molecule has 3 heterocycles. The first-order chi connectivity index (χ1) is 19.0. The van der Waals surface area contributed by atoms with Crippen LogP contribution in [0.25, 0.3) is 11.2 Å². The summed E-state index contributed by atoms with van der Waals surface area (Å²) in [4.78, 5) is 14.9. The molecule has 2 aromatic heterocycles. The number of halogens is 5. The monoisotopic (exact) mass is 628 g/mol. The highest BCUT2D eigenvalue weighted by atomic mass is 35.5. The van der Waals surface area contributed by atoms with Crippen LogP contribution in [0.5, 0.6) is 0 Å². The summed E-state index contributed by atoms with van der Waals surface area (Å²) in [6.45, 7) is 1.04. The molecule has 212 valence electrons. The van der Waals surface area contributed by atoms with Crippen LogP contribution in [0.2, 0.25) is 20.1 Å². The van der Waals surface area contributed by atoms with Crippen molar-refractivity contribution in [1.29, 1.82) is 0 Å². The fraction of sp³-hybridized carbons (Fsp3) is 0.346. The molecule has 1 saturated heterocycles. The standard InChI is InChI=1S/C26H25Cl4FN6O3/c1-26(31)21(39-11-14-17(29)7-4-8-18(14)30)19(10-38)40-24(26)37-12-33-20-22(34-25(32)35-23(20)37)36(2)9-13-15(27)5-3-6-16(13)28/h3-8,12,19,21,24,38H,9-11H2,1-2H3,(H2,32,34,35)/t19-,21-,24-,26-/m1/s1. The third-order valence-corrected chi connectivity index (χ3v) is 8.24. The number of alkyl halides is 1. The number of aromatic nitrogens is 4. The predicted molar refractivity (Wildman–Crippen MR) is 154 cm³/mol. The number of hydrogen-bond acceptors (Lipinski definition) is 8. The van der Waals surface area contributed by atoms with Gasteiger partial charge >= 0.3 is 0 Å². The molecule has 40 heavy (non-hydrogen) atoms. The van der Waals surface area contributed by atoms with Crippen molar-refractivity contribution in [2.75, 3.05) is 24.3 Å². The molecule has 14 heteroatoms. The van der Waals surface area contributed by atoms with Crippen molar-refractivity contribution >= 4 is 69.3 Å². The number of fused-ring (bicyclic) bond motifs is 1. The summed E-state index contributed by atoms with van der Waals surface area (Å²) in [5, 5.41) is 11.8. The van der Waals surface area contributed by atoms with Crippen LogP contribution in [0, 0.1) is 0 Å². The lowest BCUT2D eigenvalue weighted by atomic mass is 9.98. The fourth-order valence-electron chi connectivity index (χ4n) is 4.82. The van der Waals surface area contributed by atoms with Gasteiger partial charge in [0.1, 0.15) is 12.2 Å². The molecule has 0 unspecified atom stereocenters. The molecule has 2 aromatic carbocycles. The molecule has 0 radical (unpaired) electrons. The van der Waals surface area contributed by atoms with Crippen molar-refractivity contribution < 1.29 is 19.0 Å². The van der Waals surface area contributed by atoms with Crippen LogP contribution in [0.1, 0.15) is 24.3 Å². The zero-order chi connectivity index (χ0) is 28.8. The van der Waals surface area contributed by atoms with Gasteiger partial charge in [0, 0.05) is 44.8 Å². The van der Waals surface area contributed by atoms with Crippen LogP contribution in [0.4, 0.5) is 16.2 Å². The molecule has 0 amide bonds. The summed E-state index contributed by atoms with van der Waals surface area (Å²) < 4.78 is 29.8. The third kappa shape index (κ3) is 5.30. The van der Waals surface area contributed by atoms with Crippen LogP contribution >= 0.6 is 46.4 Å². The molecular formula is C26H25Cl4FN6O3. The maximum absolute atomic E-state index is 16.5. The Kier molecular flexibility index (Phi) is 8.32. The Morgan fingerprint density at radius 2 is 1.68 bits per heavy atom. The molecule has 0 bridgehead atoms. The minimum Gasteiger partial charge on any atom is -0.394 e. The molecule has 0 saturated carbocycles. The first-order valence-corrected chi connectivity index (χ1v) is 13.7. The van der Waals surface area contributed by atoms with E-state index in [0.29, 0.717) is 49.1 Å². The molecule has 1 aliphatic rings. The van der Waals surface area contributed by atoms with Crippen molar-refractivity contribution in [2.45, 2.75) is 44.2 Å². The zero-order valence-electron chi connectivity index (χ0n) is 21.4. The Morgan fingerprint density at radius 3 is 2.27 bits per heavy atom. The minimum absolute atomic E-state index is 0.0558. The third-order valence-electron chi connectivity index (χ3n) is 6.82. The van der Waals surface area contributed by atoms with Crippen molar-refractivity contribution in [2.24, 2.45) is 0 Å². The summed E-state index contributed by atoms with van der Waals surface area (Å²) in [6.07, 6.45) is -2.03. The molecular weight excluding hydrogens is 605 g/mol. The van der Waals surface area contributed by atoms with E-state index >= 15 is 4.39 Å². The number of nitrogens with two attached hydrogens (primary N) is 1. The highest BCUT2D eigenvalue weighted by molar-refractivity contribution is 6.36. The van der Waals surface area contributed by atoms with Crippen LogP contribution in [0.3, 0.4) is 0 Å². The van der Waals surface area contributed by atoms with E-state index in [1.165, 1.54) is 17.8 Å². The van der Waals surface area contributed by atoms with Gasteiger partial charge in [0.05, 0.1) is 19.5 Å². The van der Waals surface area contributed by atoms with Gasteiger partial charge in [0.2, 0.25) is 5.95 Å². The number of nitrogen functional groups attached to an aromatic ring is 1. The van der Waals surface area contributed by atoms with E-state index in [-0.39, 0.29) is 18.2 Å². The molecule has 9 nitrogen and oxygen atoms in total. The summed E-state index contributed by atoms with van der Waals surface area (Å²) in [5.41, 5.74) is 5.72. The van der Waals surface area contributed by atoms with E-state index in [2.05, 4.69) is 15.0 Å². The minimum atomic E-state index is -2.13. The lowest BCUT2D eigenvalue weighted by Gasteiger charge is -2.28. The molecule has 0 spiro atoms. The fourth-order valence-corrected chi connectivity index (χ4v) is 5.84. The van der Waals surface area contributed by atoms with Gasteiger partial charge in [-0.15, -0.1) is 0 Å². The SMILES string of the molecule is CN(Cc1c(Cl)cccc1Cl)c1nc(N)nc2c1ncn2[C@@H]1O[C@H](CO)[C@@H](OCc2c(Cl)cccc2Cl)[C@@]1(C)F. The van der Waals surface area contributed by atoms with Crippen molar-refractivity contribution in [3.63, 3.8) is 0 Å². The quantitative estimate of drug-likeness (QED) is 0.249. The summed E-state index contributed by atoms with van der Waals surface area (Å²) in [5.74, 6) is 0.329. The molecule has 1 fully saturated rings. The Labute approximate surface area is 249 Å². The number of imidazole rings is 1. The van der Waals surface area contributed by atoms with E-state index < -0.39 is 30.7 Å². The number of aliphatic hydroxyl groups excluding tert-OH is 1. The van der Waals surface area contributed by atoms with E-state index in [9.17, 15) is 5.11 Å². The number of rotatable bonds is 8. The molecule has 3 N–H and O–H groups in total. The Bertz CT molecular complexity index is 1510. The second-order valence-corrected chi connectivity index (χ2v) is 11.2. The van der Waals surface area contributed by atoms with Gasteiger partial charge in [0.25, 0.3) is 0 Å². The normalized spacial score (nSPS) is 22.8. The number of aliphatic hydroxyl groups is 1.